The van der Waals surface area contributed by atoms with E-state index in [1.807, 2.05) is 74.2 Å². The zero-order chi connectivity index (χ0) is 24.2. The molecule has 0 spiro atoms. The fraction of sp³-hybridized carbons (Fsp3) is 0.250. The first-order chi connectivity index (χ1) is 17.1. The Morgan fingerprint density at radius 2 is 1.91 bits per heavy atom. The fourth-order valence-electron chi connectivity index (χ4n) is 4.26. The highest BCUT2D eigenvalue weighted by Crippen LogP contribution is 2.35. The number of nitrogens with one attached hydrogen (secondary N) is 1. The molecule has 1 aliphatic rings. The molecule has 0 saturated carbocycles. The summed E-state index contributed by atoms with van der Waals surface area (Å²) in [6.45, 7) is 3.24. The molecule has 0 amide bonds. The highest BCUT2D eigenvalue weighted by atomic mass is 16.5. The summed E-state index contributed by atoms with van der Waals surface area (Å²) in [5.41, 5.74) is 5.70. The number of nitrogens with zero attached hydrogens (tertiary/aromatic N) is 4. The van der Waals surface area contributed by atoms with E-state index in [9.17, 15) is 0 Å². The predicted molar refractivity (Wildman–Crippen MR) is 134 cm³/mol. The molecule has 3 atom stereocenters. The number of hydrogen-bond acceptors (Lipinski definition) is 6. The second-order valence-electron chi connectivity index (χ2n) is 8.82. The molecule has 7 nitrogen and oxygen atoms in total. The molecule has 0 aliphatic carbocycles. The molecule has 3 heterocycles. The Labute approximate surface area is 205 Å². The number of hydrogen-bond donors (Lipinski definition) is 1. The molecular formula is C28H27N5O2. The van der Waals surface area contributed by atoms with Gasteiger partial charge in [-0.3, -0.25) is 4.68 Å². The number of aromatic nitrogens is 3. The molecule has 5 rings (SSSR count). The van der Waals surface area contributed by atoms with Crippen LogP contribution in [0.25, 0.3) is 11.1 Å². The van der Waals surface area contributed by atoms with Gasteiger partial charge in [0.2, 0.25) is 5.88 Å². The lowest BCUT2D eigenvalue weighted by Gasteiger charge is -2.33. The first kappa shape index (κ1) is 22.6. The van der Waals surface area contributed by atoms with Crippen LogP contribution in [0.5, 0.6) is 5.88 Å². The number of rotatable bonds is 7. The molecule has 2 aromatic carbocycles. The van der Waals surface area contributed by atoms with Crippen molar-refractivity contribution in [1.29, 1.82) is 5.26 Å². The van der Waals surface area contributed by atoms with E-state index >= 15 is 0 Å². The van der Waals surface area contributed by atoms with Crippen molar-refractivity contribution in [3.05, 3.63) is 95.9 Å². The standard InChI is InChI=1S/C28H27N5O2/c1-19(21-10-8-20(13-29)9-11-21)18-34-27(22-6-4-3-5-7-22)26-16-30-25-12-23(14-31-28(25)35-26)24-15-32-33(2)17-24/h3-12,14-15,17,19,26-27,30H,16,18H2,1-2H3/t19?,26-,27?/m0/s1. The summed E-state index contributed by atoms with van der Waals surface area (Å²) >= 11 is 0. The summed E-state index contributed by atoms with van der Waals surface area (Å²) in [7, 11) is 1.90. The summed E-state index contributed by atoms with van der Waals surface area (Å²) in [4.78, 5) is 4.59. The van der Waals surface area contributed by atoms with Crippen LogP contribution in [-0.4, -0.2) is 34.0 Å². The summed E-state index contributed by atoms with van der Waals surface area (Å²) in [6.07, 6.45) is 5.09. The van der Waals surface area contributed by atoms with Gasteiger partial charge in [0, 0.05) is 36.5 Å². The normalized spacial score (nSPS) is 16.3. The van der Waals surface area contributed by atoms with Gasteiger partial charge in [0.15, 0.2) is 0 Å². The smallest absolute Gasteiger partial charge is 0.237 e. The van der Waals surface area contributed by atoms with Crippen LogP contribution in [0.2, 0.25) is 0 Å². The number of pyridine rings is 1. The van der Waals surface area contributed by atoms with E-state index in [0.717, 1.165) is 27.9 Å². The van der Waals surface area contributed by atoms with Gasteiger partial charge < -0.3 is 14.8 Å². The molecule has 1 aliphatic heterocycles. The summed E-state index contributed by atoms with van der Waals surface area (Å²) in [5.74, 6) is 0.733. The van der Waals surface area contributed by atoms with Crippen LogP contribution in [0.4, 0.5) is 5.69 Å². The third-order valence-corrected chi connectivity index (χ3v) is 6.25. The lowest BCUT2D eigenvalue weighted by molar-refractivity contribution is -0.0305. The van der Waals surface area contributed by atoms with Crippen LogP contribution >= 0.6 is 0 Å². The van der Waals surface area contributed by atoms with E-state index in [1.165, 1.54) is 0 Å². The Morgan fingerprint density at radius 1 is 1.11 bits per heavy atom. The molecule has 35 heavy (non-hydrogen) atoms. The van der Waals surface area contributed by atoms with E-state index in [4.69, 9.17) is 14.7 Å². The van der Waals surface area contributed by atoms with Gasteiger partial charge in [-0.05, 0) is 29.3 Å². The van der Waals surface area contributed by atoms with Crippen molar-refractivity contribution in [2.75, 3.05) is 18.5 Å². The van der Waals surface area contributed by atoms with Crippen molar-refractivity contribution in [1.82, 2.24) is 14.8 Å². The van der Waals surface area contributed by atoms with Crippen LogP contribution in [-0.2, 0) is 11.8 Å². The minimum Gasteiger partial charge on any atom is -0.468 e. The fourth-order valence-corrected chi connectivity index (χ4v) is 4.26. The average Bonchev–Trinajstić information content (AvgIpc) is 3.35. The van der Waals surface area contributed by atoms with Gasteiger partial charge in [-0.25, -0.2) is 4.98 Å². The van der Waals surface area contributed by atoms with E-state index in [1.54, 1.807) is 4.68 Å². The van der Waals surface area contributed by atoms with Crippen LogP contribution in [0, 0.1) is 11.3 Å². The lowest BCUT2D eigenvalue weighted by atomic mass is 9.99. The van der Waals surface area contributed by atoms with Gasteiger partial charge in [0.05, 0.1) is 36.7 Å². The number of fused-ring (bicyclic) bond motifs is 1. The maximum absolute atomic E-state index is 9.05. The number of anilines is 1. The van der Waals surface area contributed by atoms with Crippen molar-refractivity contribution >= 4 is 5.69 Å². The van der Waals surface area contributed by atoms with Crippen molar-refractivity contribution in [2.45, 2.75) is 25.0 Å². The van der Waals surface area contributed by atoms with E-state index in [2.05, 4.69) is 40.5 Å². The largest absolute Gasteiger partial charge is 0.468 e. The van der Waals surface area contributed by atoms with Crippen LogP contribution in [0.15, 0.2) is 79.3 Å². The van der Waals surface area contributed by atoms with E-state index in [0.29, 0.717) is 24.6 Å². The van der Waals surface area contributed by atoms with Crippen molar-refractivity contribution in [3.8, 4) is 23.1 Å². The minimum absolute atomic E-state index is 0.165. The Kier molecular flexibility index (Phi) is 6.47. The summed E-state index contributed by atoms with van der Waals surface area (Å²) < 4.78 is 14.6. The SMILES string of the molecule is CC(COC(c1ccccc1)[C@@H]1CNc2cc(-c3cnn(C)c3)cnc2O1)c1ccc(C#N)cc1. The predicted octanol–water partition coefficient (Wildman–Crippen LogP) is 5.09. The van der Waals surface area contributed by atoms with Crippen molar-refractivity contribution in [3.63, 3.8) is 0 Å². The lowest BCUT2D eigenvalue weighted by Crippen LogP contribution is -2.38. The zero-order valence-corrected chi connectivity index (χ0v) is 19.8. The van der Waals surface area contributed by atoms with Crippen LogP contribution in [0.1, 0.15) is 35.6 Å². The molecule has 2 aromatic heterocycles. The minimum atomic E-state index is -0.266. The van der Waals surface area contributed by atoms with Gasteiger partial charge >= 0.3 is 0 Å². The molecule has 4 aromatic rings. The molecule has 7 heteroatoms. The maximum atomic E-state index is 9.05. The first-order valence-corrected chi connectivity index (χ1v) is 11.7. The van der Waals surface area contributed by atoms with Gasteiger partial charge in [0.25, 0.3) is 0 Å². The van der Waals surface area contributed by atoms with Crippen molar-refractivity contribution < 1.29 is 9.47 Å². The topological polar surface area (TPSA) is 85.0 Å². The quantitative estimate of drug-likeness (QED) is 0.409. The molecule has 0 bridgehead atoms. The zero-order valence-electron chi connectivity index (χ0n) is 19.8. The van der Waals surface area contributed by atoms with Crippen LogP contribution in [0.3, 0.4) is 0 Å². The third kappa shape index (κ3) is 5.03. The molecule has 1 N–H and O–H groups in total. The molecule has 0 radical (unpaired) electrons. The highest BCUT2D eigenvalue weighted by molar-refractivity contribution is 5.69. The molecule has 2 unspecified atom stereocenters. The van der Waals surface area contributed by atoms with Gasteiger partial charge in [-0.2, -0.15) is 10.4 Å². The first-order valence-electron chi connectivity index (χ1n) is 11.7. The highest BCUT2D eigenvalue weighted by Gasteiger charge is 2.31. The van der Waals surface area contributed by atoms with Crippen LogP contribution < -0.4 is 10.1 Å². The van der Waals surface area contributed by atoms with Crippen molar-refractivity contribution in [2.24, 2.45) is 7.05 Å². The Hall–Kier alpha value is -4.15. The van der Waals surface area contributed by atoms with Gasteiger partial charge in [-0.15, -0.1) is 0 Å². The molecular weight excluding hydrogens is 438 g/mol. The Morgan fingerprint density at radius 3 is 2.63 bits per heavy atom. The number of aryl methyl sites for hydroxylation is 1. The summed E-state index contributed by atoms with van der Waals surface area (Å²) in [6, 6.07) is 22.0. The van der Waals surface area contributed by atoms with E-state index < -0.39 is 0 Å². The number of benzene rings is 2. The molecule has 176 valence electrons. The number of ether oxygens (including phenoxy) is 2. The monoisotopic (exact) mass is 465 g/mol. The molecule has 0 saturated heterocycles. The third-order valence-electron chi connectivity index (χ3n) is 6.25. The summed E-state index contributed by atoms with van der Waals surface area (Å²) in [5, 5.41) is 16.8. The average molecular weight is 466 g/mol. The second kappa shape index (κ2) is 10.00. The molecule has 0 fully saturated rings. The Bertz CT molecular complexity index is 1330. The second-order valence-corrected chi connectivity index (χ2v) is 8.82. The van der Waals surface area contributed by atoms with Gasteiger partial charge in [-0.1, -0.05) is 49.4 Å². The Balaban J connectivity index is 1.33. The van der Waals surface area contributed by atoms with Gasteiger partial charge in [0.1, 0.15) is 12.2 Å². The maximum Gasteiger partial charge on any atom is 0.237 e. The van der Waals surface area contributed by atoms with E-state index in [-0.39, 0.29) is 18.1 Å². The number of nitriles is 1.